The predicted molar refractivity (Wildman–Crippen MR) is 77.9 cm³/mol. The van der Waals surface area contributed by atoms with Gasteiger partial charge in [-0.2, -0.15) is 5.26 Å². The van der Waals surface area contributed by atoms with Gasteiger partial charge in [-0.05, 0) is 41.3 Å². The summed E-state index contributed by atoms with van der Waals surface area (Å²) in [4.78, 5) is 1.27. The number of nitrogens with one attached hydrogen (secondary N) is 1. The van der Waals surface area contributed by atoms with Crippen molar-refractivity contribution in [3.63, 3.8) is 0 Å². The van der Waals surface area contributed by atoms with Crippen molar-refractivity contribution in [2.45, 2.75) is 31.3 Å². The van der Waals surface area contributed by atoms with E-state index in [0.717, 1.165) is 12.1 Å². The average molecular weight is 268 g/mol. The van der Waals surface area contributed by atoms with E-state index in [1.807, 2.05) is 12.1 Å². The zero-order valence-electron chi connectivity index (χ0n) is 10.7. The Kier molecular flexibility index (Phi) is 3.63. The van der Waals surface area contributed by atoms with Crippen molar-refractivity contribution >= 4 is 11.3 Å². The molecule has 1 aromatic heterocycles. The number of rotatable bonds is 5. The minimum Gasteiger partial charge on any atom is -0.293 e. The summed E-state index contributed by atoms with van der Waals surface area (Å²) in [6.07, 6.45) is 2.53. The molecule has 0 saturated heterocycles. The Labute approximate surface area is 117 Å². The Morgan fingerprint density at radius 1 is 1.26 bits per heavy atom. The fraction of sp³-hybridized carbons (Fsp3) is 0.312. The topological polar surface area (TPSA) is 35.8 Å². The highest BCUT2D eigenvalue weighted by Gasteiger charge is 2.27. The highest BCUT2D eigenvalue weighted by molar-refractivity contribution is 7.09. The Balaban J connectivity index is 1.76. The van der Waals surface area contributed by atoms with E-state index in [-0.39, 0.29) is 6.04 Å². The summed E-state index contributed by atoms with van der Waals surface area (Å²) < 4.78 is 0. The Morgan fingerprint density at radius 3 is 2.79 bits per heavy atom. The summed E-state index contributed by atoms with van der Waals surface area (Å²) in [6, 6.07) is 14.7. The number of hydrogen-bond donors (Lipinski definition) is 1. The molecule has 1 aromatic carbocycles. The Hall–Kier alpha value is -1.63. The molecule has 1 atom stereocenters. The quantitative estimate of drug-likeness (QED) is 0.890. The third kappa shape index (κ3) is 2.86. The number of hydrogen-bond acceptors (Lipinski definition) is 3. The molecule has 0 radical (unpaired) electrons. The Bertz CT molecular complexity index is 579. The van der Waals surface area contributed by atoms with Gasteiger partial charge in [-0.15, -0.1) is 11.3 Å². The van der Waals surface area contributed by atoms with Gasteiger partial charge in [0.05, 0.1) is 6.07 Å². The van der Waals surface area contributed by atoms with Crippen molar-refractivity contribution in [3.05, 3.63) is 57.8 Å². The van der Waals surface area contributed by atoms with E-state index >= 15 is 0 Å². The van der Waals surface area contributed by atoms with Gasteiger partial charge in [-0.25, -0.2) is 0 Å². The van der Waals surface area contributed by atoms with Crippen LogP contribution in [0.4, 0.5) is 0 Å². The van der Waals surface area contributed by atoms with Crippen LogP contribution < -0.4 is 5.32 Å². The first-order valence-electron chi connectivity index (χ1n) is 6.62. The van der Waals surface area contributed by atoms with E-state index in [1.165, 1.54) is 23.3 Å². The van der Waals surface area contributed by atoms with Crippen LogP contribution in [0.25, 0.3) is 0 Å². The van der Waals surface area contributed by atoms with Crippen LogP contribution >= 0.6 is 11.3 Å². The summed E-state index contributed by atoms with van der Waals surface area (Å²) >= 11 is 1.72. The molecule has 0 spiro atoms. The molecule has 0 bridgehead atoms. The van der Waals surface area contributed by atoms with Crippen LogP contribution in [-0.2, 0) is 6.54 Å². The van der Waals surface area contributed by atoms with Crippen LogP contribution in [0.2, 0.25) is 0 Å². The molecule has 0 aliphatic heterocycles. The second-order valence-electron chi connectivity index (χ2n) is 4.93. The molecule has 1 aliphatic carbocycles. The second-order valence-corrected chi connectivity index (χ2v) is 5.96. The number of benzene rings is 1. The van der Waals surface area contributed by atoms with Crippen LogP contribution in [0.3, 0.4) is 0 Å². The fourth-order valence-electron chi connectivity index (χ4n) is 2.38. The van der Waals surface area contributed by atoms with Crippen LogP contribution in [0.5, 0.6) is 0 Å². The minimum atomic E-state index is -0.209. The van der Waals surface area contributed by atoms with Gasteiger partial charge in [-0.1, -0.05) is 30.3 Å². The van der Waals surface area contributed by atoms with E-state index in [4.69, 9.17) is 0 Å². The van der Waals surface area contributed by atoms with E-state index in [9.17, 15) is 5.26 Å². The molecule has 1 N–H and O–H groups in total. The van der Waals surface area contributed by atoms with Gasteiger partial charge in [0.1, 0.15) is 6.04 Å². The first-order valence-corrected chi connectivity index (χ1v) is 7.50. The summed E-state index contributed by atoms with van der Waals surface area (Å²) in [5.41, 5.74) is 2.51. The molecule has 19 heavy (non-hydrogen) atoms. The van der Waals surface area contributed by atoms with Crippen molar-refractivity contribution in [1.82, 2.24) is 5.32 Å². The lowest BCUT2D eigenvalue weighted by molar-refractivity contribution is 0.630. The van der Waals surface area contributed by atoms with E-state index in [1.54, 1.807) is 11.3 Å². The molecule has 96 valence electrons. The van der Waals surface area contributed by atoms with E-state index < -0.39 is 0 Å². The van der Waals surface area contributed by atoms with Gasteiger partial charge in [0.15, 0.2) is 0 Å². The van der Waals surface area contributed by atoms with Gasteiger partial charge in [0.25, 0.3) is 0 Å². The average Bonchev–Trinajstić information content (AvgIpc) is 3.17. The zero-order chi connectivity index (χ0) is 13.1. The largest absolute Gasteiger partial charge is 0.293 e. The molecule has 1 aliphatic rings. The SMILES string of the molecule is N#CC(NCc1cccs1)c1ccccc1C1CC1. The second kappa shape index (κ2) is 5.56. The van der Waals surface area contributed by atoms with E-state index in [2.05, 4.69) is 41.0 Å². The van der Waals surface area contributed by atoms with Crippen molar-refractivity contribution in [2.24, 2.45) is 0 Å². The maximum atomic E-state index is 9.43. The zero-order valence-corrected chi connectivity index (χ0v) is 11.5. The van der Waals surface area contributed by atoms with Crippen molar-refractivity contribution in [1.29, 1.82) is 5.26 Å². The molecule has 3 heteroatoms. The predicted octanol–water partition coefficient (Wildman–Crippen LogP) is 3.98. The van der Waals surface area contributed by atoms with Crippen LogP contribution in [0.1, 0.15) is 40.8 Å². The number of nitrogens with zero attached hydrogens (tertiary/aromatic N) is 1. The molecule has 2 nitrogen and oxygen atoms in total. The summed E-state index contributed by atoms with van der Waals surface area (Å²) in [7, 11) is 0. The normalized spacial score (nSPS) is 15.9. The molecule has 1 saturated carbocycles. The summed E-state index contributed by atoms with van der Waals surface area (Å²) in [5, 5.41) is 14.9. The monoisotopic (exact) mass is 268 g/mol. The third-order valence-electron chi connectivity index (χ3n) is 3.51. The van der Waals surface area contributed by atoms with Crippen LogP contribution in [0.15, 0.2) is 41.8 Å². The van der Waals surface area contributed by atoms with Crippen LogP contribution in [-0.4, -0.2) is 0 Å². The smallest absolute Gasteiger partial charge is 0.121 e. The van der Waals surface area contributed by atoms with Gasteiger partial charge < -0.3 is 0 Å². The van der Waals surface area contributed by atoms with Gasteiger partial charge in [0, 0.05) is 11.4 Å². The van der Waals surface area contributed by atoms with Gasteiger partial charge >= 0.3 is 0 Å². The standard InChI is InChI=1S/C16H16N2S/c17-10-16(18-11-13-4-3-9-19-13)15-6-2-1-5-14(15)12-7-8-12/h1-6,9,12,16,18H,7-8,11H2. The van der Waals surface area contributed by atoms with Crippen molar-refractivity contribution < 1.29 is 0 Å². The summed E-state index contributed by atoms with van der Waals surface area (Å²) in [6.45, 7) is 0.759. The molecule has 1 unspecified atom stereocenters. The number of nitriles is 1. The van der Waals surface area contributed by atoms with Gasteiger partial charge in [-0.3, -0.25) is 5.32 Å². The third-order valence-corrected chi connectivity index (χ3v) is 4.39. The lowest BCUT2D eigenvalue weighted by Crippen LogP contribution is -2.20. The first kappa shape index (κ1) is 12.4. The Morgan fingerprint density at radius 2 is 2.11 bits per heavy atom. The minimum absolute atomic E-state index is 0.209. The molecule has 0 amide bonds. The van der Waals surface area contributed by atoms with Crippen LogP contribution in [0, 0.1) is 11.3 Å². The molecule has 3 rings (SSSR count). The molecule has 1 fully saturated rings. The summed E-state index contributed by atoms with van der Waals surface area (Å²) in [5.74, 6) is 0.676. The molecular formula is C16H16N2S. The molecule has 1 heterocycles. The molecular weight excluding hydrogens is 252 g/mol. The lowest BCUT2D eigenvalue weighted by atomic mass is 9.98. The van der Waals surface area contributed by atoms with E-state index in [0.29, 0.717) is 5.92 Å². The fourth-order valence-corrected chi connectivity index (χ4v) is 3.04. The molecule has 2 aromatic rings. The number of thiophene rings is 1. The maximum absolute atomic E-state index is 9.43. The lowest BCUT2D eigenvalue weighted by Gasteiger charge is -2.15. The maximum Gasteiger partial charge on any atom is 0.121 e. The highest BCUT2D eigenvalue weighted by atomic mass is 32.1. The van der Waals surface area contributed by atoms with Crippen molar-refractivity contribution in [3.8, 4) is 6.07 Å². The van der Waals surface area contributed by atoms with Gasteiger partial charge in [0.2, 0.25) is 0 Å². The van der Waals surface area contributed by atoms with Crippen molar-refractivity contribution in [2.75, 3.05) is 0 Å². The first-order chi connectivity index (χ1) is 9.38. The highest BCUT2D eigenvalue weighted by Crippen LogP contribution is 2.42.